The summed E-state index contributed by atoms with van der Waals surface area (Å²) < 4.78 is 10.9. The molecule has 1 aliphatic heterocycles. The van der Waals surface area contributed by atoms with Crippen LogP contribution in [0.25, 0.3) is 0 Å². The van der Waals surface area contributed by atoms with E-state index in [4.69, 9.17) is 9.26 Å². The third-order valence-electron chi connectivity index (χ3n) is 3.46. The van der Waals surface area contributed by atoms with Crippen LogP contribution >= 0.6 is 0 Å². The summed E-state index contributed by atoms with van der Waals surface area (Å²) in [7, 11) is 0. The second kappa shape index (κ2) is 6.46. The number of hydrogen-bond acceptors (Lipinski definition) is 5. The van der Waals surface area contributed by atoms with Gasteiger partial charge >= 0.3 is 6.03 Å². The van der Waals surface area contributed by atoms with Crippen LogP contribution in [0.5, 0.6) is 5.75 Å². The molecule has 1 N–H and O–H groups in total. The topological polar surface area (TPSA) is 80.5 Å². The van der Waals surface area contributed by atoms with Gasteiger partial charge in [0.25, 0.3) is 0 Å². The van der Waals surface area contributed by atoms with Gasteiger partial charge in [0, 0.05) is 25.2 Å². The van der Waals surface area contributed by atoms with Gasteiger partial charge in [-0.2, -0.15) is 0 Å². The minimum absolute atomic E-state index is 0.00229. The fourth-order valence-corrected chi connectivity index (χ4v) is 2.39. The first-order valence-corrected chi connectivity index (χ1v) is 7.22. The number of aromatic nitrogens is 2. The van der Waals surface area contributed by atoms with Crippen molar-refractivity contribution in [3.05, 3.63) is 42.0 Å². The van der Waals surface area contributed by atoms with E-state index in [2.05, 4.69) is 15.5 Å². The predicted molar refractivity (Wildman–Crippen MR) is 78.3 cm³/mol. The first-order valence-electron chi connectivity index (χ1n) is 7.22. The highest BCUT2D eigenvalue weighted by molar-refractivity contribution is 5.74. The Morgan fingerprint density at radius 1 is 1.59 bits per heavy atom. The zero-order valence-electron chi connectivity index (χ0n) is 12.4. The van der Waals surface area contributed by atoms with Gasteiger partial charge in [0.2, 0.25) is 0 Å². The minimum atomic E-state index is -0.119. The van der Waals surface area contributed by atoms with E-state index >= 15 is 0 Å². The third-order valence-corrected chi connectivity index (χ3v) is 3.46. The monoisotopic (exact) mass is 302 g/mol. The molecule has 0 radical (unpaired) electrons. The minimum Gasteiger partial charge on any atom is -0.487 e. The Hall–Kier alpha value is -2.57. The van der Waals surface area contributed by atoms with Gasteiger partial charge in [-0.3, -0.25) is 4.98 Å². The molecule has 0 unspecified atom stereocenters. The summed E-state index contributed by atoms with van der Waals surface area (Å²) in [5.74, 6) is 1.38. The van der Waals surface area contributed by atoms with E-state index in [1.54, 1.807) is 23.4 Å². The van der Waals surface area contributed by atoms with Crippen molar-refractivity contribution in [2.75, 3.05) is 13.1 Å². The van der Waals surface area contributed by atoms with Crippen LogP contribution in [0.2, 0.25) is 0 Å². The lowest BCUT2D eigenvalue weighted by Gasteiger charge is -2.17. The number of pyridine rings is 1. The molecule has 0 bridgehead atoms. The van der Waals surface area contributed by atoms with Gasteiger partial charge in [0.1, 0.15) is 11.9 Å². The van der Waals surface area contributed by atoms with Gasteiger partial charge in [0.05, 0.1) is 25.0 Å². The molecule has 116 valence electrons. The molecule has 0 saturated carbocycles. The summed E-state index contributed by atoms with van der Waals surface area (Å²) in [6.07, 6.45) is 4.19. The molecular formula is C15H18N4O3. The normalized spacial score (nSPS) is 17.5. The molecule has 3 rings (SSSR count). The van der Waals surface area contributed by atoms with Crippen LogP contribution < -0.4 is 10.1 Å². The summed E-state index contributed by atoms with van der Waals surface area (Å²) >= 11 is 0. The molecule has 2 amide bonds. The zero-order valence-corrected chi connectivity index (χ0v) is 12.4. The number of rotatable bonds is 4. The maximum atomic E-state index is 12.1. The summed E-state index contributed by atoms with van der Waals surface area (Å²) in [4.78, 5) is 17.9. The van der Waals surface area contributed by atoms with Crippen molar-refractivity contribution in [1.29, 1.82) is 0 Å². The van der Waals surface area contributed by atoms with E-state index in [1.807, 2.05) is 19.1 Å². The molecule has 3 heterocycles. The number of carbonyl (C=O) groups excluding carboxylic acids is 1. The number of ether oxygens (including phenoxy) is 1. The average Bonchev–Trinajstić information content (AvgIpc) is 3.15. The van der Waals surface area contributed by atoms with Crippen LogP contribution in [-0.2, 0) is 6.54 Å². The van der Waals surface area contributed by atoms with Crippen LogP contribution in [0.4, 0.5) is 4.79 Å². The number of nitrogens with zero attached hydrogens (tertiary/aromatic N) is 3. The Kier molecular flexibility index (Phi) is 4.22. The van der Waals surface area contributed by atoms with E-state index in [0.29, 0.717) is 25.4 Å². The number of nitrogens with one attached hydrogen (secondary N) is 1. The SMILES string of the molecule is Cc1cc(CNC(=O)N2CC[C@@H](Oc3cccnc3)C2)on1. The molecule has 1 atom stereocenters. The summed E-state index contributed by atoms with van der Waals surface area (Å²) in [5.41, 5.74) is 0.801. The van der Waals surface area contributed by atoms with Gasteiger partial charge in [-0.15, -0.1) is 0 Å². The van der Waals surface area contributed by atoms with Crippen molar-refractivity contribution in [2.24, 2.45) is 0 Å². The fourth-order valence-electron chi connectivity index (χ4n) is 2.39. The van der Waals surface area contributed by atoms with Crippen molar-refractivity contribution in [3.8, 4) is 5.75 Å². The van der Waals surface area contributed by atoms with Gasteiger partial charge in [-0.1, -0.05) is 5.16 Å². The standard InChI is InChI=1S/C15H18N4O3/c1-11-7-14(22-18-11)9-17-15(20)19-6-4-13(10-19)21-12-3-2-5-16-8-12/h2-3,5,7-8,13H,4,6,9-10H2,1H3,(H,17,20)/t13-/m1/s1. The summed E-state index contributed by atoms with van der Waals surface area (Å²) in [6, 6.07) is 5.38. The Balaban J connectivity index is 1.46. The van der Waals surface area contributed by atoms with Crippen LogP contribution in [-0.4, -0.2) is 40.3 Å². The van der Waals surface area contributed by atoms with Crippen molar-refractivity contribution < 1.29 is 14.1 Å². The van der Waals surface area contributed by atoms with E-state index in [0.717, 1.165) is 17.9 Å². The lowest BCUT2D eigenvalue weighted by molar-refractivity contribution is 0.185. The van der Waals surface area contributed by atoms with E-state index in [1.165, 1.54) is 0 Å². The number of aryl methyl sites for hydroxylation is 1. The van der Waals surface area contributed by atoms with E-state index in [9.17, 15) is 4.79 Å². The Morgan fingerprint density at radius 3 is 3.23 bits per heavy atom. The number of likely N-dealkylation sites (tertiary alicyclic amines) is 1. The first kappa shape index (κ1) is 14.4. The molecule has 22 heavy (non-hydrogen) atoms. The van der Waals surface area contributed by atoms with Crippen LogP contribution in [0.15, 0.2) is 35.1 Å². The molecule has 0 aliphatic carbocycles. The van der Waals surface area contributed by atoms with E-state index in [-0.39, 0.29) is 12.1 Å². The molecule has 1 fully saturated rings. The predicted octanol–water partition coefficient (Wildman–Crippen LogP) is 1.74. The zero-order chi connectivity index (χ0) is 15.4. The quantitative estimate of drug-likeness (QED) is 0.930. The molecular weight excluding hydrogens is 284 g/mol. The maximum Gasteiger partial charge on any atom is 0.317 e. The molecule has 2 aromatic rings. The number of carbonyl (C=O) groups is 1. The van der Waals surface area contributed by atoms with Gasteiger partial charge in [0.15, 0.2) is 5.76 Å². The highest BCUT2D eigenvalue weighted by Crippen LogP contribution is 2.17. The van der Waals surface area contributed by atoms with E-state index < -0.39 is 0 Å². The van der Waals surface area contributed by atoms with Crippen LogP contribution in [0, 0.1) is 6.92 Å². The largest absolute Gasteiger partial charge is 0.487 e. The van der Waals surface area contributed by atoms with Crippen molar-refractivity contribution in [1.82, 2.24) is 20.4 Å². The number of hydrogen-bond donors (Lipinski definition) is 1. The van der Waals surface area contributed by atoms with Gasteiger partial charge in [-0.05, 0) is 19.1 Å². The maximum absolute atomic E-state index is 12.1. The van der Waals surface area contributed by atoms with Gasteiger partial charge < -0.3 is 19.5 Å². The lowest BCUT2D eigenvalue weighted by Crippen LogP contribution is -2.39. The smallest absolute Gasteiger partial charge is 0.317 e. The summed E-state index contributed by atoms with van der Waals surface area (Å²) in [6.45, 7) is 3.42. The second-order valence-electron chi connectivity index (χ2n) is 5.26. The highest BCUT2D eigenvalue weighted by atomic mass is 16.5. The summed E-state index contributed by atoms with van der Waals surface area (Å²) in [5, 5.41) is 6.61. The van der Waals surface area contributed by atoms with Crippen LogP contribution in [0.3, 0.4) is 0 Å². The molecule has 0 spiro atoms. The highest BCUT2D eigenvalue weighted by Gasteiger charge is 2.27. The lowest BCUT2D eigenvalue weighted by atomic mass is 10.3. The second-order valence-corrected chi connectivity index (χ2v) is 5.26. The Bertz CT molecular complexity index is 629. The van der Waals surface area contributed by atoms with Crippen molar-refractivity contribution >= 4 is 6.03 Å². The van der Waals surface area contributed by atoms with Crippen molar-refractivity contribution in [3.63, 3.8) is 0 Å². The molecule has 1 aliphatic rings. The third kappa shape index (κ3) is 3.55. The molecule has 1 saturated heterocycles. The number of amides is 2. The van der Waals surface area contributed by atoms with Crippen LogP contribution in [0.1, 0.15) is 17.9 Å². The first-order chi connectivity index (χ1) is 10.7. The van der Waals surface area contributed by atoms with Crippen molar-refractivity contribution in [2.45, 2.75) is 26.0 Å². The molecule has 7 nitrogen and oxygen atoms in total. The molecule has 7 heteroatoms. The molecule has 0 aromatic carbocycles. The molecule has 2 aromatic heterocycles. The Morgan fingerprint density at radius 2 is 2.50 bits per heavy atom. The Labute approximate surface area is 128 Å². The average molecular weight is 302 g/mol. The fraction of sp³-hybridized carbons (Fsp3) is 0.400. The number of urea groups is 1. The van der Waals surface area contributed by atoms with Gasteiger partial charge in [-0.25, -0.2) is 4.79 Å².